The van der Waals surface area contributed by atoms with E-state index in [1.54, 1.807) is 0 Å². The molecule has 2 rings (SSSR count). The van der Waals surface area contributed by atoms with Gasteiger partial charge in [-0.05, 0) is 0 Å². The summed E-state index contributed by atoms with van der Waals surface area (Å²) in [5.74, 6) is 0. The lowest BCUT2D eigenvalue weighted by molar-refractivity contribution is -0.354. The van der Waals surface area contributed by atoms with Crippen LogP contribution >= 0.6 is 7.82 Å². The van der Waals surface area contributed by atoms with Crippen molar-refractivity contribution in [2.24, 2.45) is 0 Å². The van der Waals surface area contributed by atoms with Crippen LogP contribution in [0.15, 0.2) is 0 Å². The second-order valence-corrected chi connectivity index (χ2v) is 7.37. The molecule has 2 fully saturated rings. The van der Waals surface area contributed by atoms with Gasteiger partial charge in [0.15, 0.2) is 12.6 Å². The number of hydrogen-bond donors (Lipinski definition) is 9. The third-order valence-corrected chi connectivity index (χ3v) is 4.69. The third kappa shape index (κ3) is 5.41. The second kappa shape index (κ2) is 9.02. The lowest BCUT2D eigenvalue weighted by Crippen LogP contribution is -2.64. The first kappa shape index (κ1) is 23.0. The van der Waals surface area contributed by atoms with Crippen LogP contribution in [0.4, 0.5) is 0 Å². The number of aliphatic hydroxyl groups is 7. The molecule has 9 N–H and O–H groups in total. The van der Waals surface area contributed by atoms with Crippen molar-refractivity contribution in [1.82, 2.24) is 0 Å². The number of ether oxygens (including phenoxy) is 3. The fourth-order valence-electron chi connectivity index (χ4n) is 2.73. The van der Waals surface area contributed by atoms with Crippen molar-refractivity contribution in [3.63, 3.8) is 0 Å². The highest BCUT2D eigenvalue weighted by atomic mass is 31.2. The maximum Gasteiger partial charge on any atom is 0.469 e. The lowest BCUT2D eigenvalue weighted by atomic mass is 9.97. The van der Waals surface area contributed by atoms with Gasteiger partial charge in [0.2, 0.25) is 0 Å². The molecule has 160 valence electrons. The summed E-state index contributed by atoms with van der Waals surface area (Å²) in [4.78, 5) is 17.4. The Balaban J connectivity index is 2.11. The van der Waals surface area contributed by atoms with Gasteiger partial charge in [-0.15, -0.1) is 0 Å². The van der Waals surface area contributed by atoms with E-state index in [0.29, 0.717) is 0 Å². The van der Waals surface area contributed by atoms with Crippen LogP contribution in [-0.2, 0) is 23.3 Å². The van der Waals surface area contributed by atoms with Crippen molar-refractivity contribution in [3.05, 3.63) is 0 Å². The summed E-state index contributed by atoms with van der Waals surface area (Å²) in [6.45, 7) is -1.63. The molecule has 0 bridgehead atoms. The van der Waals surface area contributed by atoms with Gasteiger partial charge in [0.1, 0.15) is 48.8 Å². The minimum atomic E-state index is -4.92. The van der Waals surface area contributed by atoms with E-state index in [1.807, 2.05) is 0 Å². The predicted molar refractivity (Wildman–Crippen MR) is 79.5 cm³/mol. The van der Waals surface area contributed by atoms with Gasteiger partial charge in [-0.3, -0.25) is 4.52 Å². The molecule has 10 atom stereocenters. The van der Waals surface area contributed by atoms with Crippen LogP contribution < -0.4 is 0 Å². The minimum absolute atomic E-state index is 0.760. The zero-order valence-electron chi connectivity index (χ0n) is 13.7. The van der Waals surface area contributed by atoms with E-state index in [9.17, 15) is 40.3 Å². The molecule has 0 radical (unpaired) electrons. The Morgan fingerprint density at radius 1 is 0.815 bits per heavy atom. The summed E-state index contributed by atoms with van der Waals surface area (Å²) >= 11 is 0. The van der Waals surface area contributed by atoms with Crippen LogP contribution in [0, 0.1) is 0 Å². The quantitative estimate of drug-likeness (QED) is 0.182. The molecule has 0 aromatic rings. The van der Waals surface area contributed by atoms with E-state index in [-0.39, 0.29) is 0 Å². The monoisotopic (exact) mass is 422 g/mol. The molecule has 2 aliphatic heterocycles. The zero-order chi connectivity index (χ0) is 20.5. The van der Waals surface area contributed by atoms with Crippen LogP contribution in [0.1, 0.15) is 0 Å². The molecule has 0 spiro atoms. The predicted octanol–water partition coefficient (Wildman–Crippen LogP) is -5.28. The van der Waals surface area contributed by atoms with Gasteiger partial charge < -0.3 is 59.7 Å². The standard InChI is InChI=1S/C12H23O14P/c13-1-3-10(7(16)8(17)11(19)24-3)26-12-9(18)6(15)5(14)4(25-12)2-23-27(20,21)22/h3-19H,1-2H2,(H2,20,21,22)/t3-,4-,5-,6+,7-,8-,9-,10-,11-,12+/m1/s1. The maximum atomic E-state index is 10.8. The Morgan fingerprint density at radius 3 is 2.00 bits per heavy atom. The Hall–Kier alpha value is -0.290. The molecule has 0 aliphatic carbocycles. The number of hydrogen-bond acceptors (Lipinski definition) is 12. The first-order valence-electron chi connectivity index (χ1n) is 7.82. The maximum absolute atomic E-state index is 10.8. The molecule has 14 nitrogen and oxygen atoms in total. The largest absolute Gasteiger partial charge is 0.469 e. The van der Waals surface area contributed by atoms with Crippen molar-refractivity contribution in [2.45, 2.75) is 61.4 Å². The number of rotatable bonds is 6. The molecule has 0 aromatic carbocycles. The fourth-order valence-corrected chi connectivity index (χ4v) is 3.07. The van der Waals surface area contributed by atoms with Crippen molar-refractivity contribution in [2.75, 3.05) is 13.2 Å². The molecule has 2 heterocycles. The molecule has 0 aromatic heterocycles. The normalized spacial score (nSPS) is 46.4. The van der Waals surface area contributed by atoms with Crippen molar-refractivity contribution >= 4 is 7.82 Å². The Bertz CT molecular complexity index is 526. The van der Waals surface area contributed by atoms with Gasteiger partial charge in [0, 0.05) is 0 Å². The first-order valence-corrected chi connectivity index (χ1v) is 9.35. The van der Waals surface area contributed by atoms with Crippen LogP contribution in [0.3, 0.4) is 0 Å². The number of aliphatic hydroxyl groups excluding tert-OH is 7. The summed E-state index contributed by atoms with van der Waals surface area (Å²) in [6.07, 6.45) is -17.1. The molecule has 0 saturated carbocycles. The Labute approximate surface area is 152 Å². The van der Waals surface area contributed by atoms with E-state index < -0.39 is 82.4 Å². The highest BCUT2D eigenvalue weighted by Gasteiger charge is 2.50. The smallest absolute Gasteiger partial charge is 0.394 e. The third-order valence-electron chi connectivity index (χ3n) is 4.21. The summed E-state index contributed by atoms with van der Waals surface area (Å²) in [5.41, 5.74) is 0. The average Bonchev–Trinajstić information content (AvgIpc) is 2.60. The van der Waals surface area contributed by atoms with E-state index in [4.69, 9.17) is 24.0 Å². The van der Waals surface area contributed by atoms with E-state index in [1.165, 1.54) is 0 Å². The van der Waals surface area contributed by atoms with Gasteiger partial charge in [0.05, 0.1) is 13.2 Å². The van der Waals surface area contributed by atoms with Crippen molar-refractivity contribution in [1.29, 1.82) is 0 Å². The minimum Gasteiger partial charge on any atom is -0.394 e. The van der Waals surface area contributed by atoms with Gasteiger partial charge in [0.25, 0.3) is 0 Å². The topological polar surface area (TPSA) is 236 Å². The van der Waals surface area contributed by atoms with E-state index in [0.717, 1.165) is 0 Å². The molecule has 0 unspecified atom stereocenters. The van der Waals surface area contributed by atoms with Gasteiger partial charge in [-0.2, -0.15) is 0 Å². The molecule has 15 heteroatoms. The lowest BCUT2D eigenvalue weighted by Gasteiger charge is -2.45. The highest BCUT2D eigenvalue weighted by molar-refractivity contribution is 7.46. The second-order valence-electron chi connectivity index (χ2n) is 6.13. The highest BCUT2D eigenvalue weighted by Crippen LogP contribution is 2.37. The van der Waals surface area contributed by atoms with Crippen LogP contribution in [0.2, 0.25) is 0 Å². The Morgan fingerprint density at radius 2 is 1.44 bits per heavy atom. The van der Waals surface area contributed by atoms with Crippen LogP contribution in [0.5, 0.6) is 0 Å². The molecule has 2 saturated heterocycles. The SMILES string of the molecule is O=P(O)(O)OC[C@H]1O[C@@H](O[C@H]2[C@H](O)[C@@H](O)[C@H](O)O[C@@H]2CO)[C@H](O)[C@@H](O)[C@@H]1O. The summed E-state index contributed by atoms with van der Waals surface area (Å²) in [6, 6.07) is 0. The molecule has 0 amide bonds. The van der Waals surface area contributed by atoms with Gasteiger partial charge >= 0.3 is 7.82 Å². The Kier molecular flexibility index (Phi) is 7.68. The molecule has 27 heavy (non-hydrogen) atoms. The summed E-state index contributed by atoms with van der Waals surface area (Å²) < 4.78 is 30.3. The number of phosphoric ester groups is 1. The van der Waals surface area contributed by atoms with E-state index >= 15 is 0 Å². The average molecular weight is 422 g/mol. The van der Waals surface area contributed by atoms with Crippen LogP contribution in [0.25, 0.3) is 0 Å². The zero-order valence-corrected chi connectivity index (χ0v) is 14.6. The fraction of sp³-hybridized carbons (Fsp3) is 1.00. The van der Waals surface area contributed by atoms with E-state index in [2.05, 4.69) is 4.52 Å². The first-order chi connectivity index (χ1) is 12.5. The van der Waals surface area contributed by atoms with Crippen molar-refractivity contribution < 1.29 is 68.8 Å². The summed E-state index contributed by atoms with van der Waals surface area (Å²) in [5, 5.41) is 68.1. The van der Waals surface area contributed by atoms with Crippen LogP contribution in [-0.4, -0.2) is 120 Å². The van der Waals surface area contributed by atoms with Gasteiger partial charge in [-0.1, -0.05) is 0 Å². The molecular formula is C12H23O14P. The number of phosphoric acid groups is 1. The summed E-state index contributed by atoms with van der Waals surface area (Å²) in [7, 11) is -4.92. The molecule has 2 aliphatic rings. The molecular weight excluding hydrogens is 399 g/mol. The van der Waals surface area contributed by atoms with Crippen molar-refractivity contribution in [3.8, 4) is 0 Å². The van der Waals surface area contributed by atoms with Gasteiger partial charge in [-0.25, -0.2) is 4.57 Å².